The molecule has 0 aromatic carbocycles. The van der Waals surface area contributed by atoms with Crippen molar-refractivity contribution in [3.63, 3.8) is 0 Å². The van der Waals surface area contributed by atoms with Crippen LogP contribution >= 0.6 is 0 Å². The van der Waals surface area contributed by atoms with E-state index in [9.17, 15) is 0 Å². The van der Waals surface area contributed by atoms with Gasteiger partial charge in [-0.05, 0) is 33.0 Å². The van der Waals surface area contributed by atoms with Crippen LogP contribution < -0.4 is 5.32 Å². The average Bonchev–Trinajstić information content (AvgIpc) is 2.74. The first-order valence-corrected chi connectivity index (χ1v) is 6.65. The summed E-state index contributed by atoms with van der Waals surface area (Å²) < 4.78 is 5.58. The monoisotopic (exact) mass is 238 g/mol. The molecule has 1 rings (SSSR count). The van der Waals surface area contributed by atoms with Crippen molar-refractivity contribution < 1.29 is 4.42 Å². The maximum Gasteiger partial charge on any atom is 0.122 e. The average molecular weight is 238 g/mol. The number of hydrogen-bond donors (Lipinski definition) is 1. The van der Waals surface area contributed by atoms with E-state index in [1.54, 1.807) is 6.26 Å². The van der Waals surface area contributed by atoms with Crippen molar-refractivity contribution in [3.05, 3.63) is 23.7 Å². The Hall–Kier alpha value is -0.800. The van der Waals surface area contributed by atoms with Gasteiger partial charge in [0.1, 0.15) is 5.76 Å². The normalized spacial score (nSPS) is 13.2. The molecule has 1 aromatic rings. The summed E-state index contributed by atoms with van der Waals surface area (Å²) in [4.78, 5) is 2.36. The zero-order valence-corrected chi connectivity index (χ0v) is 11.6. The van der Waals surface area contributed by atoms with E-state index >= 15 is 0 Å². The molecule has 1 N–H and O–H groups in total. The summed E-state index contributed by atoms with van der Waals surface area (Å²) in [7, 11) is 2.17. The molecule has 17 heavy (non-hydrogen) atoms. The van der Waals surface area contributed by atoms with E-state index < -0.39 is 0 Å². The quantitative estimate of drug-likeness (QED) is 0.754. The molecule has 1 unspecified atom stereocenters. The van der Waals surface area contributed by atoms with Gasteiger partial charge in [0.2, 0.25) is 0 Å². The van der Waals surface area contributed by atoms with Gasteiger partial charge in [-0.2, -0.15) is 0 Å². The summed E-state index contributed by atoms with van der Waals surface area (Å²) >= 11 is 0. The topological polar surface area (TPSA) is 28.4 Å². The molecular weight excluding hydrogens is 212 g/mol. The molecule has 98 valence electrons. The lowest BCUT2D eigenvalue weighted by Gasteiger charge is -2.23. The molecule has 0 radical (unpaired) electrons. The third kappa shape index (κ3) is 4.52. The highest BCUT2D eigenvalue weighted by Gasteiger charge is 2.13. The van der Waals surface area contributed by atoms with Gasteiger partial charge in [0.05, 0.1) is 12.8 Å². The van der Waals surface area contributed by atoms with Crippen molar-refractivity contribution >= 4 is 0 Å². The third-order valence-electron chi connectivity index (χ3n) is 3.26. The summed E-state index contributed by atoms with van der Waals surface area (Å²) in [6, 6.07) is 2.67. The molecule has 3 nitrogen and oxygen atoms in total. The predicted molar refractivity (Wildman–Crippen MR) is 71.9 cm³/mol. The van der Waals surface area contributed by atoms with E-state index in [2.05, 4.69) is 44.1 Å². The van der Waals surface area contributed by atoms with Crippen molar-refractivity contribution in [2.24, 2.45) is 0 Å². The van der Waals surface area contributed by atoms with E-state index in [-0.39, 0.29) is 0 Å². The summed E-state index contributed by atoms with van der Waals surface area (Å²) in [6.45, 7) is 9.42. The lowest BCUT2D eigenvalue weighted by Crippen LogP contribution is -2.28. The molecular formula is C14H26N2O. The highest BCUT2D eigenvalue weighted by atomic mass is 16.3. The van der Waals surface area contributed by atoms with Gasteiger partial charge in [-0.15, -0.1) is 0 Å². The first-order valence-electron chi connectivity index (χ1n) is 6.65. The molecule has 1 heterocycles. The van der Waals surface area contributed by atoms with Crippen LogP contribution in [-0.4, -0.2) is 24.5 Å². The predicted octanol–water partition coefficient (Wildman–Crippen LogP) is 3.01. The lowest BCUT2D eigenvalue weighted by molar-refractivity contribution is 0.218. The van der Waals surface area contributed by atoms with Gasteiger partial charge in [0, 0.05) is 18.2 Å². The van der Waals surface area contributed by atoms with Crippen molar-refractivity contribution in [2.75, 3.05) is 13.6 Å². The van der Waals surface area contributed by atoms with Crippen LogP contribution in [0.3, 0.4) is 0 Å². The SMILES string of the molecule is CCCC(C)N(C)Cc1occc1CNCC. The second-order valence-corrected chi connectivity index (χ2v) is 4.70. The summed E-state index contributed by atoms with van der Waals surface area (Å²) in [5.74, 6) is 1.09. The van der Waals surface area contributed by atoms with E-state index in [0.29, 0.717) is 6.04 Å². The number of nitrogens with one attached hydrogen (secondary N) is 1. The second-order valence-electron chi connectivity index (χ2n) is 4.70. The molecule has 0 amide bonds. The van der Waals surface area contributed by atoms with Crippen molar-refractivity contribution in [1.29, 1.82) is 0 Å². The van der Waals surface area contributed by atoms with Crippen LogP contribution in [0.4, 0.5) is 0 Å². The van der Waals surface area contributed by atoms with Gasteiger partial charge in [0.15, 0.2) is 0 Å². The van der Waals surface area contributed by atoms with E-state index in [1.807, 2.05) is 0 Å². The van der Waals surface area contributed by atoms with Crippen LogP contribution in [0, 0.1) is 0 Å². The van der Waals surface area contributed by atoms with Gasteiger partial charge in [-0.3, -0.25) is 4.90 Å². The van der Waals surface area contributed by atoms with Crippen molar-refractivity contribution in [1.82, 2.24) is 10.2 Å². The Balaban J connectivity index is 2.52. The zero-order chi connectivity index (χ0) is 12.7. The standard InChI is InChI=1S/C14H26N2O/c1-5-7-12(3)16(4)11-14-13(8-9-17-14)10-15-6-2/h8-9,12,15H,5-7,10-11H2,1-4H3. The number of hydrogen-bond acceptors (Lipinski definition) is 3. The maximum atomic E-state index is 5.58. The summed E-state index contributed by atoms with van der Waals surface area (Å²) in [6.07, 6.45) is 4.26. The summed E-state index contributed by atoms with van der Waals surface area (Å²) in [5, 5.41) is 3.34. The zero-order valence-electron chi connectivity index (χ0n) is 11.6. The van der Waals surface area contributed by atoms with Crippen molar-refractivity contribution in [3.8, 4) is 0 Å². The van der Waals surface area contributed by atoms with Crippen LogP contribution in [-0.2, 0) is 13.1 Å². The minimum Gasteiger partial charge on any atom is -0.468 e. The van der Waals surface area contributed by atoms with Gasteiger partial charge >= 0.3 is 0 Å². The number of rotatable bonds is 8. The molecule has 0 bridgehead atoms. The largest absolute Gasteiger partial charge is 0.468 e. The Labute approximate surface area is 105 Å². The Bertz CT molecular complexity index is 309. The lowest BCUT2D eigenvalue weighted by atomic mass is 10.1. The van der Waals surface area contributed by atoms with Gasteiger partial charge < -0.3 is 9.73 Å². The Morgan fingerprint density at radius 3 is 2.82 bits per heavy atom. The smallest absolute Gasteiger partial charge is 0.122 e. The number of furan rings is 1. The highest BCUT2D eigenvalue weighted by Crippen LogP contribution is 2.15. The molecule has 1 atom stereocenters. The maximum absolute atomic E-state index is 5.58. The fourth-order valence-corrected chi connectivity index (χ4v) is 1.94. The molecule has 0 fully saturated rings. The minimum absolute atomic E-state index is 0.608. The molecule has 0 aliphatic rings. The second kappa shape index (κ2) is 7.51. The Morgan fingerprint density at radius 1 is 1.41 bits per heavy atom. The molecule has 3 heteroatoms. The molecule has 0 spiro atoms. The van der Waals surface area contributed by atoms with E-state index in [1.165, 1.54) is 18.4 Å². The first-order chi connectivity index (χ1) is 8.19. The Morgan fingerprint density at radius 2 is 2.18 bits per heavy atom. The third-order valence-corrected chi connectivity index (χ3v) is 3.26. The van der Waals surface area contributed by atoms with Crippen molar-refractivity contribution in [2.45, 2.75) is 52.7 Å². The highest BCUT2D eigenvalue weighted by molar-refractivity contribution is 5.16. The fraction of sp³-hybridized carbons (Fsp3) is 0.714. The molecule has 1 aromatic heterocycles. The van der Waals surface area contributed by atoms with Gasteiger partial charge in [-0.1, -0.05) is 20.3 Å². The Kier molecular flexibility index (Phi) is 6.30. The van der Waals surface area contributed by atoms with Gasteiger partial charge in [0.25, 0.3) is 0 Å². The molecule has 0 saturated heterocycles. The van der Waals surface area contributed by atoms with Crippen LogP contribution in [0.15, 0.2) is 16.7 Å². The van der Waals surface area contributed by atoms with Crippen LogP contribution in [0.25, 0.3) is 0 Å². The minimum atomic E-state index is 0.608. The number of nitrogens with zero attached hydrogens (tertiary/aromatic N) is 1. The molecule has 0 saturated carbocycles. The summed E-state index contributed by atoms with van der Waals surface area (Å²) in [5.41, 5.74) is 1.28. The van der Waals surface area contributed by atoms with Gasteiger partial charge in [-0.25, -0.2) is 0 Å². The van der Waals surface area contributed by atoms with E-state index in [4.69, 9.17) is 4.42 Å². The van der Waals surface area contributed by atoms with Crippen LogP contribution in [0.5, 0.6) is 0 Å². The molecule has 0 aliphatic carbocycles. The molecule has 0 aliphatic heterocycles. The van der Waals surface area contributed by atoms with Crippen LogP contribution in [0.1, 0.15) is 44.9 Å². The van der Waals surface area contributed by atoms with Crippen LogP contribution in [0.2, 0.25) is 0 Å². The fourth-order valence-electron chi connectivity index (χ4n) is 1.94. The van der Waals surface area contributed by atoms with E-state index in [0.717, 1.165) is 25.4 Å². The first kappa shape index (κ1) is 14.3.